The summed E-state index contributed by atoms with van der Waals surface area (Å²) in [7, 11) is 3.08. The molecule has 0 saturated heterocycles. The van der Waals surface area contributed by atoms with Crippen LogP contribution in [0.4, 0.5) is 0 Å². The molecule has 0 unspecified atom stereocenters. The van der Waals surface area contributed by atoms with Gasteiger partial charge in [0.15, 0.2) is 11.5 Å². The zero-order valence-corrected chi connectivity index (χ0v) is 25.4. The van der Waals surface area contributed by atoms with Crippen molar-refractivity contribution in [3.8, 4) is 11.5 Å². The van der Waals surface area contributed by atoms with Crippen LogP contribution >= 0.6 is 15.9 Å². The molecule has 2 amide bonds. The summed E-state index contributed by atoms with van der Waals surface area (Å²) in [4.78, 5) is 39.2. The first kappa shape index (κ1) is 29.1. The van der Waals surface area contributed by atoms with Gasteiger partial charge in [0.25, 0.3) is 17.5 Å². The number of hydrazone groups is 1. The third kappa shape index (κ3) is 5.19. The van der Waals surface area contributed by atoms with E-state index in [-0.39, 0.29) is 23.9 Å². The Bertz CT molecular complexity index is 1800. The molecule has 3 aromatic rings. The number of hydrogen-bond acceptors (Lipinski definition) is 7. The lowest BCUT2D eigenvalue weighted by Crippen LogP contribution is -2.47. The fourth-order valence-electron chi connectivity index (χ4n) is 5.87. The standard InChI is InChI=1S/C33H27BrN4O6/c1-43-28-15-12-20(16-29(28)44-2)27-18-26(36-37(27)33(40)22-10-6-7-11-24(22)34)31-30(19-8-4-3-5-9-19)23-17-21(38(41)42)13-14-25(23)35-32(31)39/h3-17,23,25,27H,18H2,1-2H3,(H,35,39)/t23-,25+,27-/m1/s1. The molecule has 222 valence electrons. The highest BCUT2D eigenvalue weighted by molar-refractivity contribution is 9.10. The number of hydrogen-bond donors (Lipinski definition) is 1. The van der Waals surface area contributed by atoms with Gasteiger partial charge in [0.1, 0.15) is 0 Å². The minimum atomic E-state index is -0.587. The van der Waals surface area contributed by atoms with E-state index in [0.29, 0.717) is 38.4 Å². The van der Waals surface area contributed by atoms with Crippen LogP contribution in [0.5, 0.6) is 11.5 Å². The third-order valence-corrected chi connectivity index (χ3v) is 8.63. The molecule has 3 aromatic carbocycles. The maximum absolute atomic E-state index is 14.1. The van der Waals surface area contributed by atoms with Gasteiger partial charge >= 0.3 is 0 Å². The summed E-state index contributed by atoms with van der Waals surface area (Å²) in [5.74, 6) is -0.233. The highest BCUT2D eigenvalue weighted by atomic mass is 79.9. The first-order valence-electron chi connectivity index (χ1n) is 13.8. The lowest BCUT2D eigenvalue weighted by Gasteiger charge is -2.34. The minimum absolute atomic E-state index is 0.0579. The molecule has 0 saturated carbocycles. The summed E-state index contributed by atoms with van der Waals surface area (Å²) < 4.78 is 11.6. The Morgan fingerprint density at radius 2 is 1.77 bits per heavy atom. The number of fused-ring (bicyclic) bond motifs is 1. The monoisotopic (exact) mass is 654 g/mol. The predicted octanol–water partition coefficient (Wildman–Crippen LogP) is 5.71. The number of rotatable bonds is 7. The van der Waals surface area contributed by atoms with Gasteiger partial charge in [-0.1, -0.05) is 54.6 Å². The van der Waals surface area contributed by atoms with Gasteiger partial charge < -0.3 is 14.8 Å². The summed E-state index contributed by atoms with van der Waals surface area (Å²) in [5.41, 5.74) is 3.12. The summed E-state index contributed by atoms with van der Waals surface area (Å²) in [6, 6.07) is 20.7. The van der Waals surface area contributed by atoms with Crippen molar-refractivity contribution in [1.29, 1.82) is 0 Å². The Labute approximate surface area is 261 Å². The van der Waals surface area contributed by atoms with Gasteiger partial charge in [-0.15, -0.1) is 0 Å². The molecule has 0 fully saturated rings. The second-order valence-electron chi connectivity index (χ2n) is 10.4. The van der Waals surface area contributed by atoms with Crippen molar-refractivity contribution in [1.82, 2.24) is 10.3 Å². The van der Waals surface area contributed by atoms with Crippen LogP contribution in [0, 0.1) is 16.0 Å². The van der Waals surface area contributed by atoms with E-state index in [1.165, 1.54) is 18.2 Å². The number of benzene rings is 3. The van der Waals surface area contributed by atoms with E-state index in [0.717, 1.165) is 11.1 Å². The molecular formula is C33H27BrN4O6. The van der Waals surface area contributed by atoms with Crippen molar-refractivity contribution in [3.63, 3.8) is 0 Å². The van der Waals surface area contributed by atoms with Crippen LogP contribution in [0.1, 0.15) is 33.9 Å². The molecule has 2 heterocycles. The van der Waals surface area contributed by atoms with Crippen LogP contribution in [-0.4, -0.2) is 47.7 Å². The first-order valence-corrected chi connectivity index (χ1v) is 14.6. The maximum atomic E-state index is 14.1. The highest BCUT2D eigenvalue weighted by Gasteiger charge is 2.43. The summed E-state index contributed by atoms with van der Waals surface area (Å²) in [6.07, 6.45) is 4.83. The number of carbonyl (C=O) groups is 2. The predicted molar refractivity (Wildman–Crippen MR) is 168 cm³/mol. The van der Waals surface area contributed by atoms with Crippen LogP contribution in [0.15, 0.2) is 112 Å². The second-order valence-corrected chi connectivity index (χ2v) is 11.3. The third-order valence-electron chi connectivity index (χ3n) is 7.94. The average Bonchev–Trinajstić information content (AvgIpc) is 3.48. The van der Waals surface area contributed by atoms with Crippen molar-refractivity contribution in [2.45, 2.75) is 18.5 Å². The van der Waals surface area contributed by atoms with Crippen LogP contribution in [-0.2, 0) is 4.79 Å². The zero-order chi connectivity index (χ0) is 31.0. The molecule has 1 N–H and O–H groups in total. The smallest absolute Gasteiger partial charge is 0.275 e. The van der Waals surface area contributed by atoms with E-state index < -0.39 is 22.9 Å². The Morgan fingerprint density at radius 1 is 1.05 bits per heavy atom. The number of amides is 2. The van der Waals surface area contributed by atoms with Gasteiger partial charge in [-0.2, -0.15) is 5.10 Å². The van der Waals surface area contributed by atoms with Gasteiger partial charge in [-0.3, -0.25) is 19.7 Å². The number of nitro groups is 1. The molecule has 1 aliphatic carbocycles. The number of halogens is 1. The van der Waals surface area contributed by atoms with E-state index in [2.05, 4.69) is 21.2 Å². The molecule has 0 spiro atoms. The number of carbonyl (C=O) groups excluding carboxylic acids is 2. The van der Waals surface area contributed by atoms with Crippen molar-refractivity contribution in [2.24, 2.45) is 11.0 Å². The number of methoxy groups -OCH3 is 2. The highest BCUT2D eigenvalue weighted by Crippen LogP contribution is 2.43. The molecule has 2 aliphatic heterocycles. The van der Waals surface area contributed by atoms with Crippen molar-refractivity contribution >= 4 is 39.0 Å². The average molecular weight is 656 g/mol. The minimum Gasteiger partial charge on any atom is -0.493 e. The molecule has 0 bridgehead atoms. The van der Waals surface area contributed by atoms with E-state index in [9.17, 15) is 19.7 Å². The zero-order valence-electron chi connectivity index (χ0n) is 23.8. The van der Waals surface area contributed by atoms with E-state index in [4.69, 9.17) is 14.6 Å². The molecule has 6 rings (SSSR count). The first-order chi connectivity index (χ1) is 21.3. The number of nitrogens with one attached hydrogen (secondary N) is 1. The molecule has 3 aliphatic rings. The summed E-state index contributed by atoms with van der Waals surface area (Å²) >= 11 is 3.48. The summed E-state index contributed by atoms with van der Waals surface area (Å²) in [6.45, 7) is 0. The lowest BCUT2D eigenvalue weighted by atomic mass is 9.76. The van der Waals surface area contributed by atoms with Crippen molar-refractivity contribution in [2.75, 3.05) is 14.2 Å². The molecule has 44 heavy (non-hydrogen) atoms. The molecule has 0 radical (unpaired) electrons. The van der Waals surface area contributed by atoms with E-state index in [1.807, 2.05) is 42.5 Å². The molecule has 11 heteroatoms. The maximum Gasteiger partial charge on any atom is 0.275 e. The molecule has 3 atom stereocenters. The SMILES string of the molecule is COc1ccc([C@H]2CC(C3=C(c4ccccc4)[C@@H]4C=C([N+](=O)[O-])C=C[C@@H]4NC3=O)=NN2C(=O)c2ccccc2Br)cc1OC. The fourth-order valence-corrected chi connectivity index (χ4v) is 6.32. The van der Waals surface area contributed by atoms with Gasteiger partial charge in [-0.05, 0) is 56.9 Å². The lowest BCUT2D eigenvalue weighted by molar-refractivity contribution is -0.419. The summed E-state index contributed by atoms with van der Waals surface area (Å²) in [5, 5.41) is 21.0. The molecular weight excluding hydrogens is 628 g/mol. The molecule has 10 nitrogen and oxygen atoms in total. The number of nitrogens with zero attached hydrogens (tertiary/aromatic N) is 3. The van der Waals surface area contributed by atoms with Gasteiger partial charge in [0, 0.05) is 29.0 Å². The largest absolute Gasteiger partial charge is 0.493 e. The van der Waals surface area contributed by atoms with Crippen molar-refractivity contribution in [3.05, 3.63) is 134 Å². The Kier molecular flexibility index (Phi) is 7.88. The number of allylic oxidation sites excluding steroid dienone is 1. The molecule has 0 aromatic heterocycles. The Balaban J connectivity index is 1.53. The van der Waals surface area contributed by atoms with Gasteiger partial charge in [0.2, 0.25) is 0 Å². The van der Waals surface area contributed by atoms with E-state index >= 15 is 0 Å². The van der Waals surface area contributed by atoms with Gasteiger partial charge in [0.05, 0.1) is 48.1 Å². The Morgan fingerprint density at radius 3 is 2.48 bits per heavy atom. The normalized spacial score (nSPS) is 20.8. The van der Waals surface area contributed by atoms with Crippen molar-refractivity contribution < 1.29 is 24.0 Å². The Hall–Kier alpha value is -5.03. The fraction of sp³-hybridized carbons (Fsp3) is 0.182. The van der Waals surface area contributed by atoms with E-state index in [1.54, 1.807) is 49.6 Å². The topological polar surface area (TPSA) is 123 Å². The van der Waals surface area contributed by atoms with Gasteiger partial charge in [-0.25, -0.2) is 5.01 Å². The van der Waals surface area contributed by atoms with Crippen LogP contribution in [0.2, 0.25) is 0 Å². The number of ether oxygens (including phenoxy) is 2. The quantitative estimate of drug-likeness (QED) is 0.257. The second kappa shape index (κ2) is 11.9. The van der Waals surface area contributed by atoms with Crippen LogP contribution in [0.25, 0.3) is 5.57 Å². The van der Waals surface area contributed by atoms with Crippen LogP contribution < -0.4 is 14.8 Å². The van der Waals surface area contributed by atoms with Crippen LogP contribution in [0.3, 0.4) is 0 Å².